The number of nitrogens with zero attached hydrogens (tertiary/aromatic N) is 2. The molecule has 0 spiro atoms. The minimum Gasteiger partial charge on any atom is -0.368 e. The fraction of sp³-hybridized carbons (Fsp3) is 0.667. The van der Waals surface area contributed by atoms with Crippen molar-refractivity contribution in [2.75, 3.05) is 17.2 Å². The molecule has 0 aliphatic heterocycles. The number of aryl methyl sites for hydroxylation is 1. The molecule has 0 aliphatic rings. The van der Waals surface area contributed by atoms with Crippen molar-refractivity contribution in [3.05, 3.63) is 11.9 Å². The number of anilines is 2. The predicted octanol–water partition coefficient (Wildman–Crippen LogP) is 1.75. The van der Waals surface area contributed by atoms with Gasteiger partial charge in [0, 0.05) is 24.2 Å². The summed E-state index contributed by atoms with van der Waals surface area (Å²) in [4.78, 5) is 8.67. The van der Waals surface area contributed by atoms with E-state index in [0.29, 0.717) is 6.54 Å². The van der Waals surface area contributed by atoms with E-state index >= 15 is 0 Å². The molecule has 1 unspecified atom stereocenters. The Bertz CT molecular complexity index is 368. The minimum absolute atomic E-state index is 0.0147. The van der Waals surface area contributed by atoms with Gasteiger partial charge in [0.05, 0.1) is 0 Å². The van der Waals surface area contributed by atoms with E-state index in [-0.39, 0.29) is 11.6 Å². The molecule has 0 saturated carbocycles. The van der Waals surface area contributed by atoms with Gasteiger partial charge in [-0.15, -0.1) is 0 Å². The number of hydrogen-bond donors (Lipinski definition) is 3. The van der Waals surface area contributed by atoms with Gasteiger partial charge in [0.1, 0.15) is 17.5 Å². The van der Waals surface area contributed by atoms with E-state index in [1.807, 2.05) is 19.9 Å². The van der Waals surface area contributed by atoms with Crippen molar-refractivity contribution >= 4 is 11.6 Å². The highest BCUT2D eigenvalue weighted by Gasteiger charge is 2.11. The molecule has 5 heteroatoms. The lowest BCUT2D eigenvalue weighted by molar-refractivity contribution is 0.629. The zero-order valence-electron chi connectivity index (χ0n) is 11.3. The van der Waals surface area contributed by atoms with Gasteiger partial charge in [-0.25, -0.2) is 9.97 Å². The van der Waals surface area contributed by atoms with Crippen LogP contribution in [0.5, 0.6) is 0 Å². The summed E-state index contributed by atoms with van der Waals surface area (Å²) in [6.45, 7) is 10.8. The number of nitrogens with one attached hydrogen (secondary N) is 2. The fourth-order valence-electron chi connectivity index (χ4n) is 1.37. The molecule has 0 saturated heterocycles. The van der Waals surface area contributed by atoms with Crippen LogP contribution < -0.4 is 16.4 Å². The van der Waals surface area contributed by atoms with E-state index in [0.717, 1.165) is 17.5 Å². The molecule has 0 radical (unpaired) electrons. The predicted molar refractivity (Wildman–Crippen MR) is 72.3 cm³/mol. The summed E-state index contributed by atoms with van der Waals surface area (Å²) >= 11 is 0. The molecule has 4 N–H and O–H groups in total. The number of rotatable bonds is 4. The maximum atomic E-state index is 5.70. The topological polar surface area (TPSA) is 75.9 Å². The maximum absolute atomic E-state index is 5.70. The van der Waals surface area contributed by atoms with Gasteiger partial charge in [0.15, 0.2) is 0 Å². The molecule has 5 nitrogen and oxygen atoms in total. The average Bonchev–Trinajstić information content (AvgIpc) is 2.10. The van der Waals surface area contributed by atoms with Crippen LogP contribution in [0.2, 0.25) is 0 Å². The van der Waals surface area contributed by atoms with Crippen LogP contribution in [-0.4, -0.2) is 28.1 Å². The molecular weight excluding hydrogens is 214 g/mol. The first-order valence-electron chi connectivity index (χ1n) is 5.89. The van der Waals surface area contributed by atoms with Crippen molar-refractivity contribution in [3.63, 3.8) is 0 Å². The molecule has 1 atom stereocenters. The van der Waals surface area contributed by atoms with Gasteiger partial charge in [-0.1, -0.05) is 0 Å². The van der Waals surface area contributed by atoms with Gasteiger partial charge in [-0.3, -0.25) is 0 Å². The SMILES string of the molecule is Cc1nc(NCC(C)N)cc(NC(C)(C)C)n1. The Morgan fingerprint density at radius 2 is 1.88 bits per heavy atom. The first-order chi connectivity index (χ1) is 7.76. The highest BCUT2D eigenvalue weighted by Crippen LogP contribution is 2.15. The number of aromatic nitrogens is 2. The van der Waals surface area contributed by atoms with E-state index in [4.69, 9.17) is 5.73 Å². The molecule has 1 heterocycles. The van der Waals surface area contributed by atoms with Crippen LogP contribution in [0.15, 0.2) is 6.07 Å². The van der Waals surface area contributed by atoms with Gasteiger partial charge < -0.3 is 16.4 Å². The van der Waals surface area contributed by atoms with Crippen LogP contribution in [0.25, 0.3) is 0 Å². The Balaban J connectivity index is 2.79. The summed E-state index contributed by atoms with van der Waals surface area (Å²) < 4.78 is 0. The molecule has 1 aromatic rings. The normalized spacial score (nSPS) is 13.3. The van der Waals surface area contributed by atoms with Crippen LogP contribution in [0.3, 0.4) is 0 Å². The lowest BCUT2D eigenvalue weighted by atomic mass is 10.1. The molecule has 1 rings (SSSR count). The summed E-state index contributed by atoms with van der Waals surface area (Å²) in [6.07, 6.45) is 0. The average molecular weight is 237 g/mol. The highest BCUT2D eigenvalue weighted by molar-refractivity contribution is 5.48. The Kier molecular flexibility index (Phi) is 4.28. The Morgan fingerprint density at radius 1 is 1.29 bits per heavy atom. The van der Waals surface area contributed by atoms with Gasteiger partial charge >= 0.3 is 0 Å². The summed E-state index contributed by atoms with van der Waals surface area (Å²) in [7, 11) is 0. The molecule has 0 bridgehead atoms. The minimum atomic E-state index is -0.0147. The summed E-state index contributed by atoms with van der Waals surface area (Å²) in [6, 6.07) is 2.00. The molecule has 96 valence electrons. The smallest absolute Gasteiger partial charge is 0.132 e. The Hall–Kier alpha value is -1.36. The zero-order valence-corrected chi connectivity index (χ0v) is 11.3. The second-order valence-corrected chi connectivity index (χ2v) is 5.42. The first kappa shape index (κ1) is 13.7. The van der Waals surface area contributed by atoms with E-state index < -0.39 is 0 Å². The van der Waals surface area contributed by atoms with E-state index in [2.05, 4.69) is 41.4 Å². The monoisotopic (exact) mass is 237 g/mol. The van der Waals surface area contributed by atoms with E-state index in [1.165, 1.54) is 0 Å². The summed E-state index contributed by atoms with van der Waals surface area (Å²) in [5.41, 5.74) is 5.68. The second kappa shape index (κ2) is 5.31. The second-order valence-electron chi connectivity index (χ2n) is 5.42. The maximum Gasteiger partial charge on any atom is 0.132 e. The molecule has 0 fully saturated rings. The molecular formula is C12H23N5. The summed E-state index contributed by atoms with van der Waals surface area (Å²) in [5.74, 6) is 2.38. The standard InChI is InChI=1S/C12H23N5/c1-8(13)7-14-10-6-11(16-9(2)15-10)17-12(3,4)5/h6,8H,7,13H2,1-5H3,(H2,14,15,16,17). The Morgan fingerprint density at radius 3 is 2.41 bits per heavy atom. The van der Waals surface area contributed by atoms with Crippen molar-refractivity contribution in [1.29, 1.82) is 0 Å². The molecule has 17 heavy (non-hydrogen) atoms. The van der Waals surface area contributed by atoms with Crippen LogP contribution in [-0.2, 0) is 0 Å². The van der Waals surface area contributed by atoms with Crippen LogP contribution in [0, 0.1) is 6.92 Å². The van der Waals surface area contributed by atoms with Crippen molar-refractivity contribution in [2.45, 2.75) is 46.2 Å². The first-order valence-corrected chi connectivity index (χ1v) is 5.89. The summed E-state index contributed by atoms with van der Waals surface area (Å²) in [5, 5.41) is 6.52. The van der Waals surface area contributed by atoms with Gasteiger partial charge in [0.2, 0.25) is 0 Å². The quantitative estimate of drug-likeness (QED) is 0.744. The molecule has 0 amide bonds. The molecule has 0 aromatic carbocycles. The van der Waals surface area contributed by atoms with Crippen molar-refractivity contribution in [2.24, 2.45) is 5.73 Å². The highest BCUT2D eigenvalue weighted by atomic mass is 15.1. The van der Waals surface area contributed by atoms with Crippen molar-refractivity contribution in [1.82, 2.24) is 9.97 Å². The van der Waals surface area contributed by atoms with Crippen LogP contribution in [0.1, 0.15) is 33.5 Å². The van der Waals surface area contributed by atoms with Crippen LogP contribution >= 0.6 is 0 Å². The fourth-order valence-corrected chi connectivity index (χ4v) is 1.37. The largest absolute Gasteiger partial charge is 0.368 e. The lowest BCUT2D eigenvalue weighted by Gasteiger charge is -2.22. The molecule has 1 aromatic heterocycles. The van der Waals surface area contributed by atoms with Crippen LogP contribution in [0.4, 0.5) is 11.6 Å². The van der Waals surface area contributed by atoms with Crippen molar-refractivity contribution in [3.8, 4) is 0 Å². The van der Waals surface area contributed by atoms with Gasteiger partial charge in [0.25, 0.3) is 0 Å². The third-order valence-electron chi connectivity index (χ3n) is 1.95. The lowest BCUT2D eigenvalue weighted by Crippen LogP contribution is -2.28. The number of hydrogen-bond acceptors (Lipinski definition) is 5. The van der Waals surface area contributed by atoms with Gasteiger partial charge in [-0.2, -0.15) is 0 Å². The zero-order chi connectivity index (χ0) is 13.1. The van der Waals surface area contributed by atoms with E-state index in [9.17, 15) is 0 Å². The Labute approximate surface area is 103 Å². The third-order valence-corrected chi connectivity index (χ3v) is 1.95. The van der Waals surface area contributed by atoms with E-state index in [1.54, 1.807) is 0 Å². The number of nitrogens with two attached hydrogens (primary N) is 1. The van der Waals surface area contributed by atoms with Crippen molar-refractivity contribution < 1.29 is 0 Å². The third kappa shape index (κ3) is 5.49. The molecule has 0 aliphatic carbocycles. The van der Waals surface area contributed by atoms with Gasteiger partial charge in [-0.05, 0) is 34.6 Å².